The molecule has 1 aliphatic heterocycles. The van der Waals surface area contributed by atoms with E-state index in [9.17, 15) is 24.1 Å². The van der Waals surface area contributed by atoms with Gasteiger partial charge in [0.2, 0.25) is 5.91 Å². The lowest BCUT2D eigenvalue weighted by atomic mass is 10.2. The number of nitrogens with one attached hydrogen (secondary N) is 1. The van der Waals surface area contributed by atoms with Crippen molar-refractivity contribution < 1.29 is 18.9 Å². The molecule has 1 N–H and O–H groups in total. The predicted molar refractivity (Wildman–Crippen MR) is 113 cm³/mol. The van der Waals surface area contributed by atoms with E-state index in [-0.39, 0.29) is 34.6 Å². The molecule has 0 aromatic heterocycles. The maximum Gasteiger partial charge on any atom is 0.292 e. The molecule has 2 aromatic rings. The summed E-state index contributed by atoms with van der Waals surface area (Å²) < 4.78 is 13.6. The van der Waals surface area contributed by atoms with Gasteiger partial charge in [-0.1, -0.05) is 48.2 Å². The van der Waals surface area contributed by atoms with Crippen molar-refractivity contribution >= 4 is 57.6 Å². The zero-order valence-electron chi connectivity index (χ0n) is 14.8. The zero-order chi connectivity index (χ0) is 21.0. The second kappa shape index (κ2) is 8.93. The molecular formula is C19H14FN3O4S2. The van der Waals surface area contributed by atoms with Gasteiger partial charge in [0, 0.05) is 19.0 Å². The molecule has 10 heteroatoms. The van der Waals surface area contributed by atoms with E-state index in [1.165, 1.54) is 47.4 Å². The first-order valence-corrected chi connectivity index (χ1v) is 9.62. The monoisotopic (exact) mass is 431 g/mol. The van der Waals surface area contributed by atoms with Gasteiger partial charge in [-0.3, -0.25) is 24.6 Å². The Morgan fingerprint density at radius 1 is 1.28 bits per heavy atom. The van der Waals surface area contributed by atoms with Crippen molar-refractivity contribution in [2.75, 3.05) is 11.9 Å². The minimum absolute atomic E-state index is 0.0254. The third kappa shape index (κ3) is 5.04. The molecule has 0 radical (unpaired) electrons. The third-order valence-electron chi connectivity index (χ3n) is 3.96. The first-order chi connectivity index (χ1) is 13.8. The first kappa shape index (κ1) is 20.6. The van der Waals surface area contributed by atoms with E-state index in [1.54, 1.807) is 12.1 Å². The van der Waals surface area contributed by atoms with E-state index >= 15 is 0 Å². The van der Waals surface area contributed by atoms with Gasteiger partial charge in [-0.2, -0.15) is 0 Å². The summed E-state index contributed by atoms with van der Waals surface area (Å²) >= 11 is 6.28. The highest BCUT2D eigenvalue weighted by molar-refractivity contribution is 8.26. The quantitative estimate of drug-likeness (QED) is 0.322. The van der Waals surface area contributed by atoms with Gasteiger partial charge in [0.25, 0.3) is 11.6 Å². The van der Waals surface area contributed by atoms with Crippen molar-refractivity contribution in [3.63, 3.8) is 0 Å². The van der Waals surface area contributed by atoms with Crippen molar-refractivity contribution in [3.8, 4) is 0 Å². The largest absolute Gasteiger partial charge is 0.320 e. The van der Waals surface area contributed by atoms with E-state index in [4.69, 9.17) is 12.2 Å². The van der Waals surface area contributed by atoms with E-state index in [2.05, 4.69) is 5.32 Å². The van der Waals surface area contributed by atoms with Crippen molar-refractivity contribution in [3.05, 3.63) is 74.9 Å². The molecule has 148 valence electrons. The van der Waals surface area contributed by atoms with Gasteiger partial charge in [0.1, 0.15) is 15.8 Å². The number of hydrogen-bond acceptors (Lipinski definition) is 6. The van der Waals surface area contributed by atoms with Crippen LogP contribution in [0.4, 0.5) is 15.8 Å². The van der Waals surface area contributed by atoms with Gasteiger partial charge in [0.05, 0.1) is 9.83 Å². The Morgan fingerprint density at radius 3 is 2.76 bits per heavy atom. The normalized spacial score (nSPS) is 15.1. The number of nitrogens with zero attached hydrogens (tertiary/aromatic N) is 2. The van der Waals surface area contributed by atoms with Crippen molar-refractivity contribution in [2.24, 2.45) is 0 Å². The number of carbonyl (C=O) groups is 2. The number of nitro groups is 1. The van der Waals surface area contributed by atoms with Gasteiger partial charge >= 0.3 is 0 Å². The van der Waals surface area contributed by atoms with Gasteiger partial charge in [-0.15, -0.1) is 0 Å². The molecule has 1 fully saturated rings. The highest BCUT2D eigenvalue weighted by Crippen LogP contribution is 2.32. The number of anilines is 1. The topological polar surface area (TPSA) is 92.6 Å². The lowest BCUT2D eigenvalue weighted by Gasteiger charge is -2.14. The fourth-order valence-corrected chi connectivity index (χ4v) is 3.91. The Bertz CT molecular complexity index is 1040. The summed E-state index contributed by atoms with van der Waals surface area (Å²) in [6.07, 6.45) is 1.45. The molecule has 1 aliphatic rings. The molecule has 29 heavy (non-hydrogen) atoms. The lowest BCUT2D eigenvalue weighted by molar-refractivity contribution is -0.383. The minimum Gasteiger partial charge on any atom is -0.320 e. The second-order valence-corrected chi connectivity index (χ2v) is 7.64. The molecule has 3 rings (SSSR count). The van der Waals surface area contributed by atoms with Gasteiger partial charge < -0.3 is 5.32 Å². The Balaban J connectivity index is 1.64. The number of hydrogen-bond donors (Lipinski definition) is 1. The number of nitro benzene ring substituents is 1. The number of benzene rings is 2. The smallest absolute Gasteiger partial charge is 0.292 e. The molecule has 0 unspecified atom stereocenters. The van der Waals surface area contributed by atoms with Crippen LogP contribution in [-0.2, 0) is 9.59 Å². The summed E-state index contributed by atoms with van der Waals surface area (Å²) in [7, 11) is 0. The summed E-state index contributed by atoms with van der Waals surface area (Å²) in [5.74, 6) is -1.27. The molecule has 0 aliphatic carbocycles. The SMILES string of the molecule is O=C(CCN1C(=O)/C(=C\c2cccc(F)c2)SC1=S)Nc1ccccc1[N+](=O)[O-]. The molecule has 2 amide bonds. The number of amides is 2. The fourth-order valence-electron chi connectivity index (χ4n) is 2.61. The van der Waals surface area contributed by atoms with Crippen LogP contribution in [0.25, 0.3) is 6.08 Å². The molecule has 7 nitrogen and oxygen atoms in total. The molecule has 1 heterocycles. The molecule has 0 atom stereocenters. The summed E-state index contributed by atoms with van der Waals surface area (Å²) in [5, 5.41) is 13.5. The van der Waals surface area contributed by atoms with Crippen molar-refractivity contribution in [1.82, 2.24) is 4.90 Å². The number of thiocarbonyl (C=S) groups is 1. The van der Waals surface area contributed by atoms with Crippen LogP contribution in [0, 0.1) is 15.9 Å². The summed E-state index contributed by atoms with van der Waals surface area (Å²) in [4.78, 5) is 36.8. The van der Waals surface area contributed by atoms with Crippen LogP contribution in [0.2, 0.25) is 0 Å². The van der Waals surface area contributed by atoms with E-state index < -0.39 is 16.6 Å². The maximum absolute atomic E-state index is 13.3. The van der Waals surface area contributed by atoms with Crippen LogP contribution in [-0.4, -0.2) is 32.5 Å². The van der Waals surface area contributed by atoms with Gasteiger partial charge in [0.15, 0.2) is 0 Å². The number of carbonyl (C=O) groups excluding carboxylic acids is 2. The van der Waals surface area contributed by atoms with Crippen molar-refractivity contribution in [2.45, 2.75) is 6.42 Å². The molecular weight excluding hydrogens is 417 g/mol. The van der Waals surface area contributed by atoms with Crippen molar-refractivity contribution in [1.29, 1.82) is 0 Å². The van der Waals surface area contributed by atoms with Crippen LogP contribution in [0.1, 0.15) is 12.0 Å². The van der Waals surface area contributed by atoms with E-state index in [0.717, 1.165) is 11.8 Å². The summed E-state index contributed by atoms with van der Waals surface area (Å²) in [6, 6.07) is 11.6. The number of para-hydroxylation sites is 2. The van der Waals surface area contributed by atoms with Gasteiger partial charge in [-0.05, 0) is 29.8 Å². The van der Waals surface area contributed by atoms with E-state index in [0.29, 0.717) is 10.5 Å². The maximum atomic E-state index is 13.3. The van der Waals surface area contributed by atoms with Crippen LogP contribution < -0.4 is 5.32 Å². The minimum atomic E-state index is -0.588. The van der Waals surface area contributed by atoms with E-state index in [1.807, 2.05) is 0 Å². The number of rotatable bonds is 6. The summed E-state index contributed by atoms with van der Waals surface area (Å²) in [6.45, 7) is 0.0254. The Labute approximate surface area is 174 Å². The summed E-state index contributed by atoms with van der Waals surface area (Å²) in [5.41, 5.74) is 0.392. The predicted octanol–water partition coefficient (Wildman–Crippen LogP) is 3.96. The Morgan fingerprint density at radius 2 is 2.03 bits per heavy atom. The average Bonchev–Trinajstić information content (AvgIpc) is 2.93. The molecule has 1 saturated heterocycles. The van der Waals surface area contributed by atoms with Crippen LogP contribution >= 0.6 is 24.0 Å². The lowest BCUT2D eigenvalue weighted by Crippen LogP contribution is -2.31. The van der Waals surface area contributed by atoms with Crippen LogP contribution in [0.15, 0.2) is 53.4 Å². The highest BCUT2D eigenvalue weighted by Gasteiger charge is 2.32. The number of halogens is 1. The second-order valence-electron chi connectivity index (χ2n) is 5.96. The molecule has 0 bridgehead atoms. The highest BCUT2D eigenvalue weighted by atomic mass is 32.2. The Kier molecular flexibility index (Phi) is 6.35. The molecule has 2 aromatic carbocycles. The third-order valence-corrected chi connectivity index (χ3v) is 5.34. The first-order valence-electron chi connectivity index (χ1n) is 8.39. The fraction of sp³-hybridized carbons (Fsp3) is 0.105. The average molecular weight is 431 g/mol. The molecule has 0 spiro atoms. The Hall–Kier alpha value is -3.11. The van der Waals surface area contributed by atoms with Crippen LogP contribution in [0.3, 0.4) is 0 Å². The standard InChI is InChI=1S/C19H14FN3O4S2/c20-13-5-3-4-12(10-13)11-16-18(25)22(19(28)29-16)9-8-17(24)21-14-6-1-2-7-15(14)23(26)27/h1-7,10-11H,8-9H2,(H,21,24)/b16-11+. The van der Waals surface area contributed by atoms with Gasteiger partial charge in [-0.25, -0.2) is 4.39 Å². The van der Waals surface area contributed by atoms with Crippen LogP contribution in [0.5, 0.6) is 0 Å². The molecule has 0 saturated carbocycles. The zero-order valence-corrected chi connectivity index (χ0v) is 16.5. The number of thioether (sulfide) groups is 1.